The number of nitrogens with zero attached hydrogens (tertiary/aromatic N) is 2. The van der Waals surface area contributed by atoms with Crippen LogP contribution in [0.2, 0.25) is 0 Å². The third-order valence-corrected chi connectivity index (χ3v) is 10.2. The highest BCUT2D eigenvalue weighted by atomic mass is 15.2. The van der Waals surface area contributed by atoms with Crippen LogP contribution in [0.1, 0.15) is 52.7 Å². The zero-order valence-electron chi connectivity index (χ0n) is 31.6. The standard InChI is InChI=1S/C50H47N3/c1-49(2,3)36-27-28-47-45(31-36)46-33-37(50(4,5)6)32-44(48(46)51-47)35-29-42(52(38-19-11-7-12-20-38)39-21-13-8-14-22-39)34-43(30-35)53(40-23-15-9-16-24-40)41-25-17-10-18-26-41/h7-34,51H,1-6H3. The average molecular weight is 690 g/mol. The lowest BCUT2D eigenvalue weighted by Gasteiger charge is -2.30. The molecule has 0 saturated carbocycles. The number of fused-ring (bicyclic) bond motifs is 3. The quantitative estimate of drug-likeness (QED) is 0.180. The van der Waals surface area contributed by atoms with Crippen molar-refractivity contribution in [2.24, 2.45) is 0 Å². The van der Waals surface area contributed by atoms with Crippen LogP contribution >= 0.6 is 0 Å². The summed E-state index contributed by atoms with van der Waals surface area (Å²) in [4.78, 5) is 8.64. The molecule has 7 aromatic carbocycles. The van der Waals surface area contributed by atoms with E-state index in [4.69, 9.17) is 0 Å². The molecule has 0 aliphatic carbocycles. The second-order valence-electron chi connectivity index (χ2n) is 16.1. The number of rotatable bonds is 7. The third kappa shape index (κ3) is 6.71. The van der Waals surface area contributed by atoms with E-state index in [9.17, 15) is 0 Å². The Hall–Kier alpha value is -6.06. The Balaban J connectivity index is 1.47. The summed E-state index contributed by atoms with van der Waals surface area (Å²) < 4.78 is 0. The lowest BCUT2D eigenvalue weighted by Crippen LogP contribution is -2.14. The molecule has 53 heavy (non-hydrogen) atoms. The number of aromatic amines is 1. The molecule has 0 fully saturated rings. The lowest BCUT2D eigenvalue weighted by atomic mass is 9.83. The Labute approximate surface area is 314 Å². The van der Waals surface area contributed by atoms with Gasteiger partial charge in [-0.15, -0.1) is 0 Å². The van der Waals surface area contributed by atoms with Crippen molar-refractivity contribution >= 4 is 55.9 Å². The number of aromatic nitrogens is 1. The van der Waals surface area contributed by atoms with E-state index < -0.39 is 0 Å². The zero-order chi connectivity index (χ0) is 36.7. The number of anilines is 6. The second-order valence-corrected chi connectivity index (χ2v) is 16.1. The highest BCUT2D eigenvalue weighted by Crippen LogP contribution is 2.45. The van der Waals surface area contributed by atoms with Gasteiger partial charge in [0.2, 0.25) is 0 Å². The van der Waals surface area contributed by atoms with Gasteiger partial charge in [0, 0.05) is 56.0 Å². The summed E-state index contributed by atoms with van der Waals surface area (Å²) in [5.41, 5.74) is 13.8. The van der Waals surface area contributed by atoms with Crippen molar-refractivity contribution in [3.05, 3.63) is 181 Å². The van der Waals surface area contributed by atoms with Gasteiger partial charge in [0.15, 0.2) is 0 Å². The summed E-state index contributed by atoms with van der Waals surface area (Å²) in [5.74, 6) is 0. The number of hydrogen-bond acceptors (Lipinski definition) is 2. The molecular weight excluding hydrogens is 643 g/mol. The van der Waals surface area contributed by atoms with Gasteiger partial charge in [-0.25, -0.2) is 0 Å². The molecule has 0 aliphatic rings. The highest BCUT2D eigenvalue weighted by molar-refractivity contribution is 6.13. The summed E-state index contributed by atoms with van der Waals surface area (Å²) in [6.45, 7) is 13.8. The molecule has 0 atom stereocenters. The summed E-state index contributed by atoms with van der Waals surface area (Å²) in [6.07, 6.45) is 0. The van der Waals surface area contributed by atoms with E-state index in [1.807, 2.05) is 0 Å². The molecule has 0 aliphatic heterocycles. The van der Waals surface area contributed by atoms with Crippen LogP contribution in [-0.4, -0.2) is 4.98 Å². The monoisotopic (exact) mass is 689 g/mol. The van der Waals surface area contributed by atoms with E-state index in [0.717, 1.165) is 50.7 Å². The number of para-hydroxylation sites is 4. The summed E-state index contributed by atoms with van der Waals surface area (Å²) in [7, 11) is 0. The average Bonchev–Trinajstić information content (AvgIpc) is 3.54. The van der Waals surface area contributed by atoms with Crippen molar-refractivity contribution < 1.29 is 0 Å². The van der Waals surface area contributed by atoms with Gasteiger partial charge in [0.1, 0.15) is 0 Å². The predicted molar refractivity (Wildman–Crippen MR) is 228 cm³/mol. The van der Waals surface area contributed by atoms with Crippen LogP contribution < -0.4 is 9.80 Å². The first-order chi connectivity index (χ1) is 25.5. The fraction of sp³-hybridized carbons (Fsp3) is 0.160. The van der Waals surface area contributed by atoms with Gasteiger partial charge in [-0.3, -0.25) is 0 Å². The summed E-state index contributed by atoms with van der Waals surface area (Å²) in [5, 5.41) is 2.52. The Bertz CT molecular complexity index is 2320. The molecule has 8 aromatic rings. The van der Waals surface area contributed by atoms with Crippen LogP contribution in [0, 0.1) is 0 Å². The molecule has 1 N–H and O–H groups in total. The minimum absolute atomic E-state index is 0.0438. The number of benzene rings is 7. The summed E-state index contributed by atoms with van der Waals surface area (Å²) in [6, 6.07) is 61.6. The van der Waals surface area contributed by atoms with Crippen LogP contribution in [-0.2, 0) is 10.8 Å². The molecule has 0 unspecified atom stereocenters. The molecule has 0 spiro atoms. The Morgan fingerprint density at radius 2 is 0.792 bits per heavy atom. The van der Waals surface area contributed by atoms with Gasteiger partial charge in [-0.2, -0.15) is 0 Å². The third-order valence-electron chi connectivity index (χ3n) is 10.2. The Morgan fingerprint density at radius 1 is 0.377 bits per heavy atom. The molecule has 262 valence electrons. The first-order valence-electron chi connectivity index (χ1n) is 18.6. The van der Waals surface area contributed by atoms with Crippen LogP contribution in [0.4, 0.5) is 34.1 Å². The van der Waals surface area contributed by atoms with E-state index in [-0.39, 0.29) is 10.8 Å². The summed E-state index contributed by atoms with van der Waals surface area (Å²) >= 11 is 0. The number of H-pyrrole nitrogens is 1. The number of hydrogen-bond donors (Lipinski definition) is 1. The van der Waals surface area contributed by atoms with Crippen molar-refractivity contribution in [3.63, 3.8) is 0 Å². The SMILES string of the molecule is CC(C)(C)c1ccc2[nH]c3c(-c4cc(N(c5ccccc5)c5ccccc5)cc(N(c5ccccc5)c5ccccc5)c4)cc(C(C)(C)C)cc3c2c1. The van der Waals surface area contributed by atoms with E-state index in [1.165, 1.54) is 27.5 Å². The van der Waals surface area contributed by atoms with E-state index in [0.29, 0.717) is 0 Å². The van der Waals surface area contributed by atoms with Gasteiger partial charge < -0.3 is 14.8 Å². The molecule has 8 rings (SSSR count). The second kappa shape index (κ2) is 13.5. The fourth-order valence-electron chi connectivity index (χ4n) is 7.34. The predicted octanol–water partition coefficient (Wildman–Crippen LogP) is 14.5. The van der Waals surface area contributed by atoms with Crippen LogP contribution in [0.25, 0.3) is 32.9 Å². The van der Waals surface area contributed by atoms with Crippen LogP contribution in [0.5, 0.6) is 0 Å². The van der Waals surface area contributed by atoms with E-state index in [1.54, 1.807) is 0 Å². The van der Waals surface area contributed by atoms with Gasteiger partial charge in [0.05, 0.1) is 5.52 Å². The van der Waals surface area contributed by atoms with Gasteiger partial charge in [-0.1, -0.05) is 120 Å². The molecule has 3 nitrogen and oxygen atoms in total. The van der Waals surface area contributed by atoms with Crippen molar-refractivity contribution in [1.29, 1.82) is 0 Å². The van der Waals surface area contributed by atoms with E-state index >= 15 is 0 Å². The maximum Gasteiger partial charge on any atom is 0.0544 e. The molecule has 1 heterocycles. The minimum atomic E-state index is -0.0607. The maximum absolute atomic E-state index is 3.90. The van der Waals surface area contributed by atoms with Crippen molar-refractivity contribution in [2.45, 2.75) is 52.4 Å². The Kier molecular flexibility index (Phi) is 8.66. The molecule has 0 saturated heterocycles. The van der Waals surface area contributed by atoms with Crippen LogP contribution in [0.15, 0.2) is 170 Å². The van der Waals surface area contributed by atoms with E-state index in [2.05, 4.69) is 226 Å². The molecule has 0 bridgehead atoms. The molecule has 0 amide bonds. The topological polar surface area (TPSA) is 22.3 Å². The number of nitrogens with one attached hydrogen (secondary N) is 1. The molecular formula is C50H47N3. The first kappa shape index (κ1) is 34.0. The van der Waals surface area contributed by atoms with Gasteiger partial charge >= 0.3 is 0 Å². The van der Waals surface area contributed by atoms with Crippen molar-refractivity contribution in [3.8, 4) is 11.1 Å². The smallest absolute Gasteiger partial charge is 0.0544 e. The largest absolute Gasteiger partial charge is 0.354 e. The first-order valence-corrected chi connectivity index (χ1v) is 18.6. The Morgan fingerprint density at radius 3 is 1.21 bits per heavy atom. The van der Waals surface area contributed by atoms with Crippen LogP contribution in [0.3, 0.4) is 0 Å². The van der Waals surface area contributed by atoms with Crippen molar-refractivity contribution in [1.82, 2.24) is 4.98 Å². The highest BCUT2D eigenvalue weighted by Gasteiger charge is 2.24. The molecule has 1 aromatic heterocycles. The zero-order valence-corrected chi connectivity index (χ0v) is 31.6. The maximum atomic E-state index is 3.90. The minimum Gasteiger partial charge on any atom is -0.354 e. The molecule has 0 radical (unpaired) electrons. The van der Waals surface area contributed by atoms with Gasteiger partial charge in [0.25, 0.3) is 0 Å². The fourth-order valence-corrected chi connectivity index (χ4v) is 7.34. The molecule has 3 heteroatoms. The lowest BCUT2D eigenvalue weighted by molar-refractivity contribution is 0.590. The van der Waals surface area contributed by atoms with Gasteiger partial charge in [-0.05, 0) is 119 Å². The van der Waals surface area contributed by atoms with Crippen molar-refractivity contribution in [2.75, 3.05) is 9.80 Å². The normalized spacial score (nSPS) is 12.0.